The average Bonchev–Trinajstić information content (AvgIpc) is 2.41. The monoisotopic (exact) mass is 280 g/mol. The van der Waals surface area contributed by atoms with E-state index in [1.165, 1.54) is 0 Å². The van der Waals surface area contributed by atoms with Gasteiger partial charge in [0.2, 0.25) is 0 Å². The van der Waals surface area contributed by atoms with Crippen molar-refractivity contribution in [1.29, 1.82) is 0 Å². The molecule has 106 valence electrons. The molecule has 1 aliphatic heterocycles. The molecule has 2 aromatic rings. The van der Waals surface area contributed by atoms with E-state index >= 15 is 0 Å². The summed E-state index contributed by atoms with van der Waals surface area (Å²) in [5.74, 6) is -1.71. The van der Waals surface area contributed by atoms with Gasteiger partial charge in [-0.3, -0.25) is 4.79 Å². The molecule has 2 heterocycles. The van der Waals surface area contributed by atoms with Crippen LogP contribution in [0.4, 0.5) is 14.6 Å². The van der Waals surface area contributed by atoms with Gasteiger partial charge in [-0.15, -0.1) is 0 Å². The number of aromatic amines is 1. The van der Waals surface area contributed by atoms with E-state index in [0.29, 0.717) is 13.1 Å². The molecule has 0 amide bonds. The SMILES string of the molecule is CN1CCN(c2nc3cc(F)c(F)cc3[nH]c2=O)CC1. The largest absolute Gasteiger partial charge is 0.349 e. The molecule has 1 aliphatic rings. The lowest BCUT2D eigenvalue weighted by Crippen LogP contribution is -2.46. The number of aromatic nitrogens is 2. The number of nitrogens with zero attached hydrogens (tertiary/aromatic N) is 3. The van der Waals surface area contributed by atoms with Crippen molar-refractivity contribution in [2.24, 2.45) is 0 Å². The molecule has 1 saturated heterocycles. The van der Waals surface area contributed by atoms with Crippen LogP contribution >= 0.6 is 0 Å². The molecule has 0 atom stereocenters. The Bertz CT molecular complexity index is 707. The van der Waals surface area contributed by atoms with Crippen molar-refractivity contribution in [3.8, 4) is 0 Å². The second kappa shape index (κ2) is 4.82. The number of benzene rings is 1. The van der Waals surface area contributed by atoms with Crippen molar-refractivity contribution in [3.63, 3.8) is 0 Å². The minimum Gasteiger partial charge on any atom is -0.349 e. The van der Waals surface area contributed by atoms with Gasteiger partial charge in [0.25, 0.3) is 5.56 Å². The number of rotatable bonds is 1. The lowest BCUT2D eigenvalue weighted by molar-refractivity contribution is 0.312. The molecular weight excluding hydrogens is 266 g/mol. The van der Waals surface area contributed by atoms with E-state index < -0.39 is 11.6 Å². The normalized spacial score (nSPS) is 16.9. The van der Waals surface area contributed by atoms with Crippen LogP contribution < -0.4 is 10.5 Å². The van der Waals surface area contributed by atoms with E-state index in [0.717, 1.165) is 25.2 Å². The van der Waals surface area contributed by atoms with Gasteiger partial charge in [0.1, 0.15) is 0 Å². The second-order valence-corrected chi connectivity index (χ2v) is 4.96. The molecule has 3 rings (SSSR count). The number of piperazine rings is 1. The van der Waals surface area contributed by atoms with Gasteiger partial charge in [-0.25, -0.2) is 13.8 Å². The van der Waals surface area contributed by atoms with Gasteiger partial charge >= 0.3 is 0 Å². The topological polar surface area (TPSA) is 52.2 Å². The van der Waals surface area contributed by atoms with Gasteiger partial charge in [0, 0.05) is 38.3 Å². The third-order valence-corrected chi connectivity index (χ3v) is 3.52. The van der Waals surface area contributed by atoms with Gasteiger partial charge < -0.3 is 14.8 Å². The van der Waals surface area contributed by atoms with Crippen molar-refractivity contribution in [2.45, 2.75) is 0 Å². The Labute approximate surface area is 113 Å². The van der Waals surface area contributed by atoms with Crippen LogP contribution in [0, 0.1) is 11.6 Å². The van der Waals surface area contributed by atoms with Crippen molar-refractivity contribution in [1.82, 2.24) is 14.9 Å². The number of H-pyrrole nitrogens is 1. The maximum absolute atomic E-state index is 13.2. The summed E-state index contributed by atoms with van der Waals surface area (Å²) < 4.78 is 26.4. The quantitative estimate of drug-likeness (QED) is 0.845. The standard InChI is InChI=1S/C13H14F2N4O/c1-18-2-4-19(5-3-18)12-13(20)17-11-7-9(15)8(14)6-10(11)16-12/h6-7H,2-5H2,1H3,(H,17,20). The Morgan fingerprint density at radius 1 is 1.15 bits per heavy atom. The highest BCUT2D eigenvalue weighted by atomic mass is 19.2. The summed E-state index contributed by atoms with van der Waals surface area (Å²) in [6.45, 7) is 3.03. The summed E-state index contributed by atoms with van der Waals surface area (Å²) in [5.41, 5.74) is 0.0669. The molecule has 20 heavy (non-hydrogen) atoms. The molecule has 0 saturated carbocycles. The summed E-state index contributed by atoms with van der Waals surface area (Å²) in [6.07, 6.45) is 0. The van der Waals surface area contributed by atoms with Crippen molar-refractivity contribution in [2.75, 3.05) is 38.1 Å². The Morgan fingerprint density at radius 2 is 1.80 bits per heavy atom. The maximum Gasteiger partial charge on any atom is 0.291 e. The molecule has 1 aromatic carbocycles. The van der Waals surface area contributed by atoms with Gasteiger partial charge in [0.05, 0.1) is 11.0 Å². The van der Waals surface area contributed by atoms with Gasteiger partial charge in [-0.1, -0.05) is 0 Å². The molecule has 0 unspecified atom stereocenters. The van der Waals surface area contributed by atoms with Gasteiger partial charge in [-0.05, 0) is 7.05 Å². The highest BCUT2D eigenvalue weighted by molar-refractivity contribution is 5.75. The molecule has 0 bridgehead atoms. The van der Waals surface area contributed by atoms with Crippen LogP contribution in [0.3, 0.4) is 0 Å². The Balaban J connectivity index is 2.05. The van der Waals surface area contributed by atoms with E-state index in [1.807, 2.05) is 11.9 Å². The number of nitrogens with one attached hydrogen (secondary N) is 1. The number of likely N-dealkylation sites (N-methyl/N-ethyl adjacent to an activating group) is 1. The van der Waals surface area contributed by atoms with E-state index in [2.05, 4.69) is 14.9 Å². The first kappa shape index (κ1) is 13.0. The number of fused-ring (bicyclic) bond motifs is 1. The summed E-state index contributed by atoms with van der Waals surface area (Å²) in [6, 6.07) is 1.95. The number of halogens is 2. The lowest BCUT2D eigenvalue weighted by atomic mass is 10.2. The fourth-order valence-electron chi connectivity index (χ4n) is 2.30. The Hall–Kier alpha value is -2.02. The highest BCUT2D eigenvalue weighted by Gasteiger charge is 2.19. The van der Waals surface area contributed by atoms with Crippen molar-refractivity contribution < 1.29 is 8.78 Å². The maximum atomic E-state index is 13.2. The van der Waals surface area contributed by atoms with Crippen molar-refractivity contribution >= 4 is 16.9 Å². The Kier molecular flexibility index (Phi) is 3.13. The number of hydrogen-bond donors (Lipinski definition) is 1. The number of anilines is 1. The summed E-state index contributed by atoms with van der Waals surface area (Å²) in [7, 11) is 2.01. The summed E-state index contributed by atoms with van der Waals surface area (Å²) in [5, 5.41) is 0. The van der Waals surface area contributed by atoms with Crippen molar-refractivity contribution in [3.05, 3.63) is 34.1 Å². The smallest absolute Gasteiger partial charge is 0.291 e. The first-order valence-corrected chi connectivity index (χ1v) is 6.37. The summed E-state index contributed by atoms with van der Waals surface area (Å²) in [4.78, 5) is 22.8. The van der Waals surface area contributed by atoms with Crippen LogP contribution in [0.5, 0.6) is 0 Å². The molecule has 1 fully saturated rings. The van der Waals surface area contributed by atoms with E-state index in [9.17, 15) is 13.6 Å². The van der Waals surface area contributed by atoms with Crippen LogP contribution in [-0.2, 0) is 0 Å². The molecular formula is C13H14F2N4O. The highest BCUT2D eigenvalue weighted by Crippen LogP contribution is 2.16. The molecule has 7 heteroatoms. The predicted octanol–water partition coefficient (Wildman–Crippen LogP) is 0.953. The van der Waals surface area contributed by atoms with Gasteiger partial charge in [0.15, 0.2) is 17.5 Å². The minimum absolute atomic E-state index is 0.201. The van der Waals surface area contributed by atoms with E-state index in [4.69, 9.17) is 0 Å². The zero-order chi connectivity index (χ0) is 14.3. The zero-order valence-electron chi connectivity index (χ0n) is 11.0. The molecule has 0 aliphatic carbocycles. The zero-order valence-corrected chi connectivity index (χ0v) is 11.0. The Morgan fingerprint density at radius 3 is 2.50 bits per heavy atom. The van der Waals surface area contributed by atoms with Gasteiger partial charge in [-0.2, -0.15) is 0 Å². The van der Waals surface area contributed by atoms with E-state index in [1.54, 1.807) is 0 Å². The average molecular weight is 280 g/mol. The fourth-order valence-corrected chi connectivity index (χ4v) is 2.30. The van der Waals surface area contributed by atoms with Crippen LogP contribution in [-0.4, -0.2) is 48.1 Å². The first-order valence-electron chi connectivity index (χ1n) is 6.37. The molecule has 0 radical (unpaired) electrons. The number of hydrogen-bond acceptors (Lipinski definition) is 4. The third kappa shape index (κ3) is 2.24. The van der Waals surface area contributed by atoms with Crippen LogP contribution in [0.15, 0.2) is 16.9 Å². The second-order valence-electron chi connectivity index (χ2n) is 4.96. The molecule has 1 N–H and O–H groups in total. The van der Waals surface area contributed by atoms with Crippen LogP contribution in [0.25, 0.3) is 11.0 Å². The molecule has 1 aromatic heterocycles. The fraction of sp³-hybridized carbons (Fsp3) is 0.385. The lowest BCUT2D eigenvalue weighted by Gasteiger charge is -2.32. The van der Waals surface area contributed by atoms with Crippen LogP contribution in [0.1, 0.15) is 0 Å². The first-order chi connectivity index (χ1) is 9.54. The molecule has 5 nitrogen and oxygen atoms in total. The summed E-state index contributed by atoms with van der Waals surface area (Å²) >= 11 is 0. The third-order valence-electron chi connectivity index (χ3n) is 3.52. The van der Waals surface area contributed by atoms with Crippen LogP contribution in [0.2, 0.25) is 0 Å². The molecule has 0 spiro atoms. The minimum atomic E-state index is -0.998. The van der Waals surface area contributed by atoms with E-state index in [-0.39, 0.29) is 22.4 Å². The predicted molar refractivity (Wildman–Crippen MR) is 72.0 cm³/mol.